The summed E-state index contributed by atoms with van der Waals surface area (Å²) < 4.78 is 12.9. The number of hydrogen-bond acceptors (Lipinski definition) is 6. The number of benzene rings is 7. The number of nitrogens with zero attached hydrogens (tertiary/aromatic N) is 4. The van der Waals surface area contributed by atoms with Gasteiger partial charge in [-0.05, 0) is 71.8 Å². The molecule has 3 heterocycles. The Morgan fingerprint density at radius 2 is 0.863 bits per heavy atom. The van der Waals surface area contributed by atoms with E-state index < -0.39 is 0 Å². The highest BCUT2D eigenvalue weighted by atomic mass is 16.5. The van der Waals surface area contributed by atoms with Gasteiger partial charge in [-0.15, -0.1) is 0 Å². The maximum absolute atomic E-state index is 6.55. The maximum atomic E-state index is 6.55. The van der Waals surface area contributed by atoms with Crippen LogP contribution >= 0.6 is 0 Å². The molecule has 1 aliphatic rings. The van der Waals surface area contributed by atoms with Crippen molar-refractivity contribution in [1.29, 1.82) is 0 Å². The molecule has 0 amide bonds. The first kappa shape index (κ1) is 28.9. The molecule has 0 bridgehead atoms. The van der Waals surface area contributed by atoms with Gasteiger partial charge in [-0.2, -0.15) is 0 Å². The van der Waals surface area contributed by atoms with Gasteiger partial charge in [0.05, 0.1) is 11.4 Å². The van der Waals surface area contributed by atoms with Crippen molar-refractivity contribution in [3.8, 4) is 56.8 Å². The van der Waals surface area contributed by atoms with Crippen molar-refractivity contribution in [2.45, 2.75) is 0 Å². The van der Waals surface area contributed by atoms with Gasteiger partial charge < -0.3 is 14.1 Å². The van der Waals surface area contributed by atoms with Crippen LogP contribution < -0.4 is 9.64 Å². The fraction of sp³-hybridized carbons (Fsp3) is 0. The largest absolute Gasteiger partial charge is 0.456 e. The SMILES string of the molecule is c1ccc(-c2nc(-c3ccccc3)nc(-c3ccc4c(c3)oc3cc(-c5ccc6c(c5)N(c5ccccc5)c5ccccc5O6)ccc34)n2)cc1. The fourth-order valence-electron chi connectivity index (χ4n) is 6.82. The molecular weight excluding hydrogens is 629 g/mol. The van der Waals surface area contributed by atoms with Crippen LogP contribution in [0.2, 0.25) is 0 Å². The topological polar surface area (TPSA) is 64.3 Å². The number of ether oxygens (including phenoxy) is 1. The van der Waals surface area contributed by atoms with Crippen molar-refractivity contribution < 1.29 is 9.15 Å². The summed E-state index contributed by atoms with van der Waals surface area (Å²) in [6.07, 6.45) is 0. The Labute approximate surface area is 293 Å². The highest BCUT2D eigenvalue weighted by molar-refractivity contribution is 6.07. The predicted octanol–water partition coefficient (Wildman–Crippen LogP) is 12.0. The number of aromatic nitrogens is 3. The lowest BCUT2D eigenvalue weighted by Crippen LogP contribution is -2.15. The van der Waals surface area contributed by atoms with Crippen LogP contribution in [-0.4, -0.2) is 15.0 Å². The Kier molecular flexibility index (Phi) is 6.70. The van der Waals surface area contributed by atoms with Gasteiger partial charge in [0.15, 0.2) is 29.0 Å². The third kappa shape index (κ3) is 5.09. The van der Waals surface area contributed by atoms with Crippen molar-refractivity contribution in [2.75, 3.05) is 4.90 Å². The summed E-state index contributed by atoms with van der Waals surface area (Å²) in [5, 5.41) is 2.08. The molecule has 0 radical (unpaired) electrons. The molecule has 7 aromatic carbocycles. The highest BCUT2D eigenvalue weighted by Gasteiger charge is 2.26. The Bertz CT molecular complexity index is 2670. The molecule has 10 rings (SSSR count). The second kappa shape index (κ2) is 11.8. The number of furan rings is 1. The summed E-state index contributed by atoms with van der Waals surface area (Å²) in [7, 11) is 0. The molecule has 51 heavy (non-hydrogen) atoms. The van der Waals surface area contributed by atoms with Gasteiger partial charge in [0.2, 0.25) is 0 Å². The molecule has 6 heteroatoms. The third-order valence-electron chi connectivity index (χ3n) is 9.30. The van der Waals surface area contributed by atoms with Gasteiger partial charge in [0.25, 0.3) is 0 Å². The quantitative estimate of drug-likeness (QED) is 0.184. The number of anilines is 3. The molecule has 0 unspecified atom stereocenters. The van der Waals surface area contributed by atoms with Crippen molar-refractivity contribution >= 4 is 39.0 Å². The van der Waals surface area contributed by atoms with E-state index in [1.807, 2.05) is 97.1 Å². The third-order valence-corrected chi connectivity index (χ3v) is 9.30. The van der Waals surface area contributed by atoms with Crippen LogP contribution in [0, 0.1) is 0 Å². The van der Waals surface area contributed by atoms with Crippen molar-refractivity contribution in [3.63, 3.8) is 0 Å². The normalized spacial score (nSPS) is 12.0. The molecule has 0 aliphatic carbocycles. The predicted molar refractivity (Wildman–Crippen MR) is 204 cm³/mol. The average Bonchev–Trinajstić information content (AvgIpc) is 3.58. The van der Waals surface area contributed by atoms with E-state index in [0.717, 1.165) is 78.3 Å². The Morgan fingerprint density at radius 3 is 1.53 bits per heavy atom. The second-order valence-corrected chi connectivity index (χ2v) is 12.5. The lowest BCUT2D eigenvalue weighted by atomic mass is 10.0. The van der Waals surface area contributed by atoms with Crippen LogP contribution in [-0.2, 0) is 0 Å². The minimum absolute atomic E-state index is 0.589. The van der Waals surface area contributed by atoms with E-state index >= 15 is 0 Å². The summed E-state index contributed by atoms with van der Waals surface area (Å²) in [6.45, 7) is 0. The van der Waals surface area contributed by atoms with E-state index in [1.54, 1.807) is 0 Å². The standard InChI is InChI=1S/C45H28N4O2/c1-4-12-29(13-5-1)43-46-44(30-14-6-2-7-15-30)48-45(47-43)33-21-24-36-35-23-20-32(27-41(35)51-42(36)28-33)31-22-25-40-38(26-31)49(34-16-8-3-9-17-34)37-18-10-11-19-39(37)50-40/h1-28H. The summed E-state index contributed by atoms with van der Waals surface area (Å²) in [5.74, 6) is 3.47. The van der Waals surface area contributed by atoms with E-state index in [0.29, 0.717) is 17.5 Å². The summed E-state index contributed by atoms with van der Waals surface area (Å²) in [5.41, 5.74) is 9.46. The molecule has 1 aliphatic heterocycles. The first-order valence-corrected chi connectivity index (χ1v) is 16.9. The van der Waals surface area contributed by atoms with E-state index in [2.05, 4.69) is 77.7 Å². The first-order valence-electron chi connectivity index (χ1n) is 16.9. The van der Waals surface area contributed by atoms with Crippen LogP contribution in [0.4, 0.5) is 17.1 Å². The minimum atomic E-state index is 0.589. The Morgan fingerprint density at radius 1 is 0.373 bits per heavy atom. The molecule has 0 saturated heterocycles. The lowest BCUT2D eigenvalue weighted by Gasteiger charge is -2.33. The molecule has 0 N–H and O–H groups in total. The number of fused-ring (bicyclic) bond motifs is 5. The van der Waals surface area contributed by atoms with Crippen molar-refractivity contribution in [1.82, 2.24) is 15.0 Å². The van der Waals surface area contributed by atoms with Gasteiger partial charge in [-0.1, -0.05) is 109 Å². The van der Waals surface area contributed by atoms with E-state index in [9.17, 15) is 0 Å². The molecule has 9 aromatic rings. The minimum Gasteiger partial charge on any atom is -0.456 e. The molecule has 2 aromatic heterocycles. The van der Waals surface area contributed by atoms with Crippen LogP contribution in [0.3, 0.4) is 0 Å². The summed E-state index contributed by atoms with van der Waals surface area (Å²) in [6, 6.07) is 57.5. The van der Waals surface area contributed by atoms with Gasteiger partial charge in [0.1, 0.15) is 11.2 Å². The number of para-hydroxylation sites is 3. The lowest BCUT2D eigenvalue weighted by molar-refractivity contribution is 0.477. The highest BCUT2D eigenvalue weighted by Crippen LogP contribution is 2.51. The van der Waals surface area contributed by atoms with E-state index in [4.69, 9.17) is 24.1 Å². The van der Waals surface area contributed by atoms with Gasteiger partial charge in [0, 0.05) is 33.2 Å². The molecule has 0 spiro atoms. The smallest absolute Gasteiger partial charge is 0.164 e. The van der Waals surface area contributed by atoms with Crippen molar-refractivity contribution in [3.05, 3.63) is 170 Å². The Hall–Kier alpha value is -7.05. The number of rotatable bonds is 5. The average molecular weight is 657 g/mol. The first-order chi connectivity index (χ1) is 25.2. The van der Waals surface area contributed by atoms with E-state index in [-0.39, 0.29) is 0 Å². The summed E-state index contributed by atoms with van der Waals surface area (Å²) >= 11 is 0. The molecule has 0 fully saturated rings. The van der Waals surface area contributed by atoms with Gasteiger partial charge in [-0.3, -0.25) is 0 Å². The zero-order chi connectivity index (χ0) is 33.7. The van der Waals surface area contributed by atoms with E-state index in [1.165, 1.54) is 0 Å². The van der Waals surface area contributed by atoms with Crippen LogP contribution in [0.5, 0.6) is 11.5 Å². The van der Waals surface area contributed by atoms with Crippen molar-refractivity contribution in [2.24, 2.45) is 0 Å². The maximum Gasteiger partial charge on any atom is 0.164 e. The molecule has 6 nitrogen and oxygen atoms in total. The summed E-state index contributed by atoms with van der Waals surface area (Å²) in [4.78, 5) is 16.9. The van der Waals surface area contributed by atoms with Gasteiger partial charge in [-0.25, -0.2) is 15.0 Å². The Balaban J connectivity index is 1.05. The monoisotopic (exact) mass is 656 g/mol. The fourth-order valence-corrected chi connectivity index (χ4v) is 6.82. The zero-order valence-electron chi connectivity index (χ0n) is 27.3. The van der Waals surface area contributed by atoms with Crippen LogP contribution in [0.1, 0.15) is 0 Å². The zero-order valence-corrected chi connectivity index (χ0v) is 27.3. The molecule has 0 atom stereocenters. The van der Waals surface area contributed by atoms with Gasteiger partial charge >= 0.3 is 0 Å². The molecule has 240 valence electrons. The molecular formula is C45H28N4O2. The molecule has 0 saturated carbocycles. The van der Waals surface area contributed by atoms with Crippen LogP contribution in [0.15, 0.2) is 174 Å². The second-order valence-electron chi connectivity index (χ2n) is 12.5. The number of hydrogen-bond donors (Lipinski definition) is 0. The van der Waals surface area contributed by atoms with Crippen LogP contribution in [0.25, 0.3) is 67.2 Å².